The first-order valence-corrected chi connectivity index (χ1v) is 11.1. The topological polar surface area (TPSA) is 117 Å². The summed E-state index contributed by atoms with van der Waals surface area (Å²) in [6.45, 7) is 10.3. The third kappa shape index (κ3) is 2.68. The van der Waals surface area contributed by atoms with Crippen molar-refractivity contribution in [3.05, 3.63) is 17.7 Å². The summed E-state index contributed by atoms with van der Waals surface area (Å²) in [5.74, 6) is -0.778. The highest BCUT2D eigenvalue weighted by atomic mass is 35.5. The van der Waals surface area contributed by atoms with Crippen molar-refractivity contribution in [2.24, 2.45) is 5.41 Å². The van der Waals surface area contributed by atoms with E-state index in [0.29, 0.717) is 23.0 Å². The van der Waals surface area contributed by atoms with Crippen LogP contribution in [0.4, 0.5) is 10.5 Å². The maximum absolute atomic E-state index is 13.4. The molecule has 2 N–H and O–H groups in total. The molecule has 1 aromatic rings. The minimum absolute atomic E-state index is 0.120. The van der Waals surface area contributed by atoms with Crippen molar-refractivity contribution in [3.8, 4) is 0 Å². The van der Waals surface area contributed by atoms with Gasteiger partial charge in [-0.2, -0.15) is 0 Å². The number of piperidine rings is 1. The van der Waals surface area contributed by atoms with Gasteiger partial charge in [-0.05, 0) is 41.0 Å². The van der Waals surface area contributed by atoms with Crippen molar-refractivity contribution >= 4 is 40.2 Å². The lowest BCUT2D eigenvalue weighted by atomic mass is 9.64. The first kappa shape index (κ1) is 21.3. The Morgan fingerprint density at radius 3 is 2.47 bits per heavy atom. The Kier molecular flexibility index (Phi) is 4.46. The van der Waals surface area contributed by atoms with Crippen molar-refractivity contribution in [1.29, 1.82) is 0 Å². The number of barbiturate groups is 1. The molecule has 11 heteroatoms. The Hall–Kier alpha value is -2.59. The van der Waals surface area contributed by atoms with E-state index < -0.39 is 47.0 Å². The lowest BCUT2D eigenvalue weighted by Gasteiger charge is -2.61. The van der Waals surface area contributed by atoms with E-state index in [4.69, 9.17) is 20.9 Å². The molecular formula is C21H26ClN5O5. The van der Waals surface area contributed by atoms with Gasteiger partial charge in [0.25, 0.3) is 0 Å². The third-order valence-electron chi connectivity index (χ3n) is 6.86. The zero-order chi connectivity index (χ0) is 23.2. The van der Waals surface area contributed by atoms with Gasteiger partial charge in [0.1, 0.15) is 10.7 Å². The van der Waals surface area contributed by atoms with Gasteiger partial charge in [-0.3, -0.25) is 20.2 Å². The fraction of sp³-hybridized carbons (Fsp3) is 0.619. The average molecular weight is 464 g/mol. The Balaban J connectivity index is 1.77. The monoisotopic (exact) mass is 463 g/mol. The van der Waals surface area contributed by atoms with Crippen molar-refractivity contribution in [1.82, 2.24) is 20.7 Å². The van der Waals surface area contributed by atoms with Crippen LogP contribution in [0.3, 0.4) is 0 Å². The molecule has 10 nitrogen and oxygen atoms in total. The number of aromatic nitrogens is 1. The summed E-state index contributed by atoms with van der Waals surface area (Å²) in [6, 6.07) is -1.89. The first-order chi connectivity index (χ1) is 15.0. The van der Waals surface area contributed by atoms with Gasteiger partial charge in [0, 0.05) is 12.1 Å². The van der Waals surface area contributed by atoms with Crippen molar-refractivity contribution in [2.75, 3.05) is 11.4 Å². The van der Waals surface area contributed by atoms with Gasteiger partial charge >= 0.3 is 6.03 Å². The van der Waals surface area contributed by atoms with Gasteiger partial charge in [-0.25, -0.2) is 4.79 Å². The molecule has 1 aromatic heterocycles. The summed E-state index contributed by atoms with van der Waals surface area (Å²) in [7, 11) is 0. The molecule has 4 aliphatic rings. The molecular weight excluding hydrogens is 438 g/mol. The smallest absolute Gasteiger partial charge is 0.328 e. The Morgan fingerprint density at radius 2 is 1.84 bits per heavy atom. The first-order valence-electron chi connectivity index (χ1n) is 10.7. The number of nitrogens with one attached hydrogen (secondary N) is 2. The molecule has 1 spiro atoms. The molecule has 5 heterocycles. The highest BCUT2D eigenvalue weighted by Gasteiger charge is 2.66. The largest absolute Gasteiger partial charge is 0.372 e. The second kappa shape index (κ2) is 6.71. The third-order valence-corrected chi connectivity index (χ3v) is 7.23. The van der Waals surface area contributed by atoms with E-state index in [1.165, 1.54) is 0 Å². The number of hydrogen-bond acceptors (Lipinski definition) is 8. The number of ether oxygens (including phenoxy) is 1. The van der Waals surface area contributed by atoms with Gasteiger partial charge in [0.05, 0.1) is 36.2 Å². The summed E-state index contributed by atoms with van der Waals surface area (Å²) in [4.78, 5) is 42.8. The van der Waals surface area contributed by atoms with E-state index in [-0.39, 0.29) is 12.5 Å². The van der Waals surface area contributed by atoms with E-state index in [0.717, 1.165) is 5.70 Å². The van der Waals surface area contributed by atoms with E-state index in [1.54, 1.807) is 6.20 Å². The van der Waals surface area contributed by atoms with Gasteiger partial charge < -0.3 is 19.1 Å². The van der Waals surface area contributed by atoms with Crippen LogP contribution in [0.15, 0.2) is 16.4 Å². The molecule has 172 valence electrons. The number of nitrogens with zero attached hydrogens (tertiary/aromatic N) is 3. The molecule has 0 aliphatic carbocycles. The maximum atomic E-state index is 13.4. The molecule has 0 saturated carbocycles. The van der Waals surface area contributed by atoms with Gasteiger partial charge in [-0.1, -0.05) is 16.8 Å². The number of imide groups is 2. The SMILES string of the molecule is C[C@@H]1CN2C3=C(Cl)c4oncc4N(C(C)(C)C)C3CC3(C(=O)NC(=O)NC3=O)[C@H]2[C@H](C)O1. The number of hydrogen-bond donors (Lipinski definition) is 2. The number of anilines is 1. The molecule has 4 atom stereocenters. The number of urea groups is 1. The van der Waals surface area contributed by atoms with E-state index >= 15 is 0 Å². The molecule has 4 amide bonds. The molecule has 0 aromatic carbocycles. The van der Waals surface area contributed by atoms with Crippen LogP contribution >= 0.6 is 11.6 Å². The molecule has 32 heavy (non-hydrogen) atoms. The van der Waals surface area contributed by atoms with Crippen LogP contribution in [0.1, 0.15) is 46.8 Å². The standard InChI is InChI=1S/C21H26ClN5O5/c1-9-8-26-14-11(27(20(3,4)5)12-7-23-32-15(12)13(14)22)6-21(16(26)10(2)31-9)17(28)24-19(30)25-18(21)29/h7,9-11,16H,6,8H2,1-5H3,(H2,24,25,28,29,30)/t9-,10+,11?,16-/m1/s1. The predicted molar refractivity (Wildman–Crippen MR) is 115 cm³/mol. The molecule has 3 saturated heterocycles. The zero-order valence-corrected chi connectivity index (χ0v) is 19.3. The normalized spacial score (nSPS) is 31.8. The minimum atomic E-state index is -1.54. The molecule has 1 unspecified atom stereocenters. The van der Waals surface area contributed by atoms with Gasteiger partial charge in [-0.15, -0.1) is 0 Å². The van der Waals surface area contributed by atoms with E-state index in [9.17, 15) is 14.4 Å². The van der Waals surface area contributed by atoms with Gasteiger partial charge in [0.2, 0.25) is 17.6 Å². The number of amides is 4. The molecule has 3 fully saturated rings. The average Bonchev–Trinajstić information content (AvgIpc) is 3.13. The molecule has 5 rings (SSSR count). The van der Waals surface area contributed by atoms with Crippen molar-refractivity contribution in [2.45, 2.75) is 70.9 Å². The van der Waals surface area contributed by atoms with Crippen LogP contribution in [-0.4, -0.2) is 64.3 Å². The van der Waals surface area contributed by atoms with Crippen LogP contribution < -0.4 is 15.5 Å². The fourth-order valence-electron chi connectivity index (χ4n) is 5.93. The summed E-state index contributed by atoms with van der Waals surface area (Å²) in [5.41, 5.74) is -0.479. The lowest BCUT2D eigenvalue weighted by Crippen LogP contribution is -2.77. The number of morpholine rings is 1. The second-order valence-electron chi connectivity index (χ2n) is 9.96. The maximum Gasteiger partial charge on any atom is 0.328 e. The summed E-state index contributed by atoms with van der Waals surface area (Å²) in [6.07, 6.45) is 1.09. The quantitative estimate of drug-likeness (QED) is 0.559. The molecule has 0 radical (unpaired) electrons. The van der Waals surface area contributed by atoms with E-state index in [2.05, 4.69) is 20.7 Å². The van der Waals surface area contributed by atoms with Crippen LogP contribution in [0.5, 0.6) is 0 Å². The summed E-state index contributed by atoms with van der Waals surface area (Å²) in [5, 5.41) is 9.02. The predicted octanol–water partition coefficient (Wildman–Crippen LogP) is 1.80. The Labute approximate surface area is 190 Å². The van der Waals surface area contributed by atoms with Crippen molar-refractivity contribution < 1.29 is 23.6 Å². The Bertz CT molecular complexity index is 1040. The number of halogens is 1. The number of carbonyl (C=O) groups is 3. The summed E-state index contributed by atoms with van der Waals surface area (Å²) < 4.78 is 11.6. The van der Waals surface area contributed by atoms with Crippen LogP contribution in [-0.2, 0) is 14.3 Å². The summed E-state index contributed by atoms with van der Waals surface area (Å²) >= 11 is 6.90. The lowest BCUT2D eigenvalue weighted by molar-refractivity contribution is -0.175. The highest BCUT2D eigenvalue weighted by molar-refractivity contribution is 6.49. The second-order valence-corrected chi connectivity index (χ2v) is 10.3. The van der Waals surface area contributed by atoms with Crippen LogP contribution in [0.2, 0.25) is 0 Å². The fourth-order valence-corrected chi connectivity index (χ4v) is 6.30. The van der Waals surface area contributed by atoms with E-state index in [1.807, 2.05) is 39.5 Å². The number of rotatable bonds is 0. The van der Waals surface area contributed by atoms with Crippen molar-refractivity contribution in [3.63, 3.8) is 0 Å². The molecule has 4 aliphatic heterocycles. The van der Waals surface area contributed by atoms with Crippen LogP contribution in [0, 0.1) is 5.41 Å². The number of carbonyl (C=O) groups excluding carboxylic acids is 3. The van der Waals surface area contributed by atoms with Crippen LogP contribution in [0.25, 0.3) is 5.03 Å². The minimum Gasteiger partial charge on any atom is -0.372 e. The zero-order valence-electron chi connectivity index (χ0n) is 18.6. The highest BCUT2D eigenvalue weighted by Crippen LogP contribution is 2.54. The Morgan fingerprint density at radius 1 is 1.19 bits per heavy atom. The van der Waals surface area contributed by atoms with Gasteiger partial charge in [0.15, 0.2) is 5.41 Å². The molecule has 0 bridgehead atoms. The number of fused-ring (bicyclic) bond motifs is 5.